The smallest absolute Gasteiger partial charge is 0.224 e. The molecule has 1 aliphatic carbocycles. The van der Waals surface area contributed by atoms with Crippen LogP contribution >= 0.6 is 0 Å². The number of aromatic nitrogens is 2. The summed E-state index contributed by atoms with van der Waals surface area (Å²) in [5.74, 6) is 0.638. The van der Waals surface area contributed by atoms with Crippen molar-refractivity contribution >= 4 is 22.7 Å². The predicted molar refractivity (Wildman–Crippen MR) is 105 cm³/mol. The van der Waals surface area contributed by atoms with Gasteiger partial charge >= 0.3 is 0 Å². The molecule has 4 rings (SSSR count). The van der Waals surface area contributed by atoms with Gasteiger partial charge in [-0.05, 0) is 37.8 Å². The molecular formula is C22H29N3O2. The van der Waals surface area contributed by atoms with Crippen LogP contribution in [0.25, 0.3) is 11.0 Å². The largest absolute Gasteiger partial charge is 0.339 e. The first-order chi connectivity index (χ1) is 13.2. The summed E-state index contributed by atoms with van der Waals surface area (Å²) in [6.45, 7) is 1.44. The SMILES string of the molecule is O=C1CCCCC1C1CCCCCN1C(=O)CCn1cnc2ccccc21. The molecule has 0 bridgehead atoms. The number of imidazole rings is 1. The van der Waals surface area contributed by atoms with Crippen LogP contribution < -0.4 is 0 Å². The molecule has 144 valence electrons. The fourth-order valence-electron chi connectivity index (χ4n) is 4.83. The molecular weight excluding hydrogens is 338 g/mol. The van der Waals surface area contributed by atoms with E-state index in [2.05, 4.69) is 14.5 Å². The summed E-state index contributed by atoms with van der Waals surface area (Å²) in [5, 5.41) is 0. The molecule has 2 unspecified atom stereocenters. The lowest BCUT2D eigenvalue weighted by molar-refractivity contribution is -0.138. The minimum Gasteiger partial charge on any atom is -0.339 e. The summed E-state index contributed by atoms with van der Waals surface area (Å²) in [6, 6.07) is 8.14. The molecule has 1 aromatic carbocycles. The topological polar surface area (TPSA) is 55.2 Å². The number of aryl methyl sites for hydroxylation is 1. The van der Waals surface area contributed by atoms with E-state index in [4.69, 9.17) is 0 Å². The third kappa shape index (κ3) is 3.92. The maximum absolute atomic E-state index is 13.1. The van der Waals surface area contributed by atoms with Gasteiger partial charge < -0.3 is 9.47 Å². The van der Waals surface area contributed by atoms with Crippen molar-refractivity contribution in [2.75, 3.05) is 6.54 Å². The molecule has 0 N–H and O–H groups in total. The number of Topliss-reactive ketones (excluding diaryl/α,β-unsaturated/α-hetero) is 1. The highest BCUT2D eigenvalue weighted by molar-refractivity contribution is 5.84. The number of carbonyl (C=O) groups excluding carboxylic acids is 2. The fraction of sp³-hybridized carbons (Fsp3) is 0.591. The predicted octanol–water partition coefficient (Wildman–Crippen LogP) is 3.96. The van der Waals surface area contributed by atoms with Gasteiger partial charge in [-0.25, -0.2) is 4.98 Å². The van der Waals surface area contributed by atoms with E-state index in [0.29, 0.717) is 25.2 Å². The number of carbonyl (C=O) groups is 2. The fourth-order valence-corrected chi connectivity index (χ4v) is 4.83. The summed E-state index contributed by atoms with van der Waals surface area (Å²) in [4.78, 5) is 32.1. The Morgan fingerprint density at radius 3 is 2.81 bits per heavy atom. The molecule has 1 aliphatic heterocycles. The van der Waals surface area contributed by atoms with Gasteiger partial charge in [-0.3, -0.25) is 9.59 Å². The molecule has 0 spiro atoms. The zero-order valence-corrected chi connectivity index (χ0v) is 16.0. The highest BCUT2D eigenvalue weighted by Gasteiger charge is 2.36. The number of amides is 1. The summed E-state index contributed by atoms with van der Waals surface area (Å²) in [5.41, 5.74) is 2.03. The average molecular weight is 367 g/mol. The van der Waals surface area contributed by atoms with Gasteiger partial charge in [-0.15, -0.1) is 0 Å². The Kier molecular flexibility index (Phi) is 5.55. The van der Waals surface area contributed by atoms with Gasteiger partial charge in [0.1, 0.15) is 5.78 Å². The second-order valence-corrected chi connectivity index (χ2v) is 8.00. The van der Waals surface area contributed by atoms with Gasteiger partial charge in [-0.1, -0.05) is 31.4 Å². The van der Waals surface area contributed by atoms with Gasteiger partial charge in [0.15, 0.2) is 0 Å². The average Bonchev–Trinajstić information content (AvgIpc) is 2.94. The molecule has 2 aromatic rings. The van der Waals surface area contributed by atoms with Crippen LogP contribution in [0.15, 0.2) is 30.6 Å². The Balaban J connectivity index is 1.47. The Bertz CT molecular complexity index is 813. The van der Waals surface area contributed by atoms with Crippen molar-refractivity contribution in [2.45, 2.75) is 70.4 Å². The molecule has 0 radical (unpaired) electrons. The highest BCUT2D eigenvalue weighted by atomic mass is 16.2. The summed E-state index contributed by atoms with van der Waals surface area (Å²) >= 11 is 0. The quantitative estimate of drug-likeness (QED) is 0.822. The van der Waals surface area contributed by atoms with Crippen molar-refractivity contribution in [3.63, 3.8) is 0 Å². The van der Waals surface area contributed by atoms with E-state index in [0.717, 1.165) is 62.5 Å². The molecule has 5 nitrogen and oxygen atoms in total. The molecule has 27 heavy (non-hydrogen) atoms. The number of para-hydroxylation sites is 2. The van der Waals surface area contributed by atoms with Crippen LogP contribution in [0.1, 0.15) is 57.8 Å². The molecule has 1 aromatic heterocycles. The van der Waals surface area contributed by atoms with E-state index in [1.54, 1.807) is 0 Å². The van der Waals surface area contributed by atoms with Crippen molar-refractivity contribution in [1.29, 1.82) is 0 Å². The third-order valence-corrected chi connectivity index (χ3v) is 6.28. The summed E-state index contributed by atoms with van der Waals surface area (Å²) < 4.78 is 2.06. The van der Waals surface area contributed by atoms with E-state index in [-0.39, 0.29) is 17.9 Å². The van der Waals surface area contributed by atoms with E-state index in [1.807, 2.05) is 30.6 Å². The van der Waals surface area contributed by atoms with Crippen LogP contribution in [-0.4, -0.2) is 38.7 Å². The molecule has 2 fully saturated rings. The minimum atomic E-state index is 0.0647. The number of likely N-dealkylation sites (tertiary alicyclic amines) is 1. The Hall–Kier alpha value is -2.17. The van der Waals surface area contributed by atoms with E-state index >= 15 is 0 Å². The first-order valence-electron chi connectivity index (χ1n) is 10.5. The van der Waals surface area contributed by atoms with Crippen molar-refractivity contribution in [1.82, 2.24) is 14.5 Å². The highest BCUT2D eigenvalue weighted by Crippen LogP contribution is 2.31. The number of hydrogen-bond donors (Lipinski definition) is 0. The number of nitrogens with zero attached hydrogens (tertiary/aromatic N) is 3. The van der Waals surface area contributed by atoms with Gasteiger partial charge in [0, 0.05) is 37.9 Å². The molecule has 5 heteroatoms. The first kappa shape index (κ1) is 18.2. The number of benzene rings is 1. The van der Waals surface area contributed by atoms with Crippen molar-refractivity contribution in [3.8, 4) is 0 Å². The van der Waals surface area contributed by atoms with Crippen molar-refractivity contribution in [3.05, 3.63) is 30.6 Å². The van der Waals surface area contributed by atoms with Crippen molar-refractivity contribution in [2.24, 2.45) is 5.92 Å². The zero-order valence-electron chi connectivity index (χ0n) is 16.0. The lowest BCUT2D eigenvalue weighted by Gasteiger charge is -2.37. The molecule has 2 atom stereocenters. The lowest BCUT2D eigenvalue weighted by atomic mass is 9.80. The van der Waals surface area contributed by atoms with Crippen LogP contribution in [-0.2, 0) is 16.1 Å². The van der Waals surface area contributed by atoms with Gasteiger partial charge in [0.05, 0.1) is 17.4 Å². The van der Waals surface area contributed by atoms with E-state index in [1.165, 1.54) is 0 Å². The van der Waals surface area contributed by atoms with Gasteiger partial charge in [-0.2, -0.15) is 0 Å². The molecule has 1 amide bonds. The molecule has 1 saturated carbocycles. The van der Waals surface area contributed by atoms with E-state index in [9.17, 15) is 9.59 Å². The summed E-state index contributed by atoms with van der Waals surface area (Å²) in [7, 11) is 0. The van der Waals surface area contributed by atoms with Crippen LogP contribution in [0.3, 0.4) is 0 Å². The van der Waals surface area contributed by atoms with Crippen LogP contribution in [0, 0.1) is 5.92 Å². The second kappa shape index (κ2) is 8.24. The summed E-state index contributed by atoms with van der Waals surface area (Å²) in [6.07, 6.45) is 10.4. The first-order valence-corrected chi connectivity index (χ1v) is 10.5. The number of ketones is 1. The molecule has 2 aliphatic rings. The maximum atomic E-state index is 13.1. The van der Waals surface area contributed by atoms with E-state index < -0.39 is 0 Å². The van der Waals surface area contributed by atoms with Crippen molar-refractivity contribution < 1.29 is 9.59 Å². The molecule has 2 heterocycles. The minimum absolute atomic E-state index is 0.0647. The Labute approximate surface area is 160 Å². The van der Waals surface area contributed by atoms with Crippen LogP contribution in [0.2, 0.25) is 0 Å². The number of hydrogen-bond acceptors (Lipinski definition) is 3. The zero-order chi connectivity index (χ0) is 18.6. The monoisotopic (exact) mass is 367 g/mol. The Morgan fingerprint density at radius 2 is 1.93 bits per heavy atom. The van der Waals surface area contributed by atoms with Gasteiger partial charge in [0.2, 0.25) is 5.91 Å². The third-order valence-electron chi connectivity index (χ3n) is 6.28. The normalized spacial score (nSPS) is 24.1. The number of fused-ring (bicyclic) bond motifs is 1. The molecule has 1 saturated heterocycles. The number of rotatable bonds is 4. The standard InChI is InChI=1S/C22H29N3O2/c26-21-12-6-3-8-17(21)19-10-2-1-7-14-25(19)22(27)13-15-24-16-23-18-9-4-5-11-20(18)24/h4-5,9,11,16-17,19H,1-3,6-8,10,12-15H2. The van der Waals surface area contributed by atoms with Gasteiger partial charge in [0.25, 0.3) is 0 Å². The van der Waals surface area contributed by atoms with Crippen LogP contribution in [0.5, 0.6) is 0 Å². The lowest BCUT2D eigenvalue weighted by Crippen LogP contribution is -2.47. The Morgan fingerprint density at radius 1 is 1.07 bits per heavy atom. The maximum Gasteiger partial charge on any atom is 0.224 e. The second-order valence-electron chi connectivity index (χ2n) is 8.00. The van der Waals surface area contributed by atoms with Crippen LogP contribution in [0.4, 0.5) is 0 Å².